The number of fused-ring (bicyclic) bond motifs is 2. The van der Waals surface area contributed by atoms with Crippen LogP contribution in [0, 0.1) is 23.7 Å². The molecule has 0 radical (unpaired) electrons. The van der Waals surface area contributed by atoms with Crippen molar-refractivity contribution in [2.75, 3.05) is 65.2 Å². The van der Waals surface area contributed by atoms with Crippen molar-refractivity contribution in [2.24, 2.45) is 28.8 Å². The summed E-state index contributed by atoms with van der Waals surface area (Å²) in [5, 5.41) is 34.3. The molecule has 0 spiro atoms. The Kier molecular flexibility index (Phi) is 18.9. The number of aliphatic hydroxyl groups is 3. The first-order valence-corrected chi connectivity index (χ1v) is 24.0. The van der Waals surface area contributed by atoms with E-state index in [1.54, 1.807) is 17.8 Å². The molecular weight excluding hydrogens is 793 g/mol. The summed E-state index contributed by atoms with van der Waals surface area (Å²) in [6.07, 6.45) is 15.2. The zero-order chi connectivity index (χ0) is 42.9. The van der Waals surface area contributed by atoms with Crippen molar-refractivity contribution < 1.29 is 43.9 Å². The largest absolute Gasteiger partial charge is 0.493 e. The van der Waals surface area contributed by atoms with Crippen LogP contribution in [0.1, 0.15) is 102 Å². The molecular formula is C49H70N2O9S. The summed E-state index contributed by atoms with van der Waals surface area (Å²) < 4.78 is 26.8. The number of hydrogen-bond acceptors (Lipinski definition) is 11. The van der Waals surface area contributed by atoms with Crippen LogP contribution >= 0.6 is 11.8 Å². The number of nitrogens with zero attached hydrogens (tertiary/aromatic N) is 2. The van der Waals surface area contributed by atoms with Crippen LogP contribution < -0.4 is 9.47 Å². The molecule has 2 saturated carbocycles. The topological polar surface area (TPSA) is 140 Å². The maximum atomic E-state index is 14.8. The van der Waals surface area contributed by atoms with Gasteiger partial charge in [0.05, 0.1) is 44.7 Å². The minimum atomic E-state index is -1.33. The van der Waals surface area contributed by atoms with E-state index in [1.807, 2.05) is 42.2 Å². The summed E-state index contributed by atoms with van der Waals surface area (Å²) >= 11 is 1.76. The summed E-state index contributed by atoms with van der Waals surface area (Å²) in [4.78, 5) is 23.8. The summed E-state index contributed by atoms with van der Waals surface area (Å²) in [5.41, 5.74) is 2.82. The molecule has 4 aliphatic rings. The molecule has 6 unspecified atom stereocenters. The Balaban J connectivity index is 1.47. The average Bonchev–Trinajstić information content (AvgIpc) is 3.81. The fourth-order valence-corrected chi connectivity index (χ4v) is 11.0. The number of amides is 1. The van der Waals surface area contributed by atoms with Gasteiger partial charge in [0, 0.05) is 54.7 Å². The lowest BCUT2D eigenvalue weighted by Crippen LogP contribution is -2.70. The lowest BCUT2D eigenvalue weighted by atomic mass is 9.55. The summed E-state index contributed by atoms with van der Waals surface area (Å²) in [6.45, 7) is 7.94. The number of rotatable bonds is 27. The molecule has 1 heterocycles. The zero-order valence-corrected chi connectivity index (χ0v) is 37.1. The van der Waals surface area contributed by atoms with E-state index >= 15 is 0 Å². The Morgan fingerprint density at radius 2 is 1.77 bits per heavy atom. The molecule has 12 heteroatoms. The van der Waals surface area contributed by atoms with E-state index in [9.17, 15) is 20.1 Å². The van der Waals surface area contributed by atoms with E-state index in [0.29, 0.717) is 57.1 Å². The van der Waals surface area contributed by atoms with Gasteiger partial charge in [0.25, 0.3) is 0 Å². The van der Waals surface area contributed by atoms with Gasteiger partial charge in [0.1, 0.15) is 24.1 Å². The second-order valence-corrected chi connectivity index (χ2v) is 18.0. The fourth-order valence-electron chi connectivity index (χ4n) is 10.3. The number of hydrogen-bond donors (Lipinski definition) is 3. The lowest BCUT2D eigenvalue weighted by molar-refractivity contribution is -0.258. The Morgan fingerprint density at radius 1 is 0.984 bits per heavy atom. The van der Waals surface area contributed by atoms with Gasteiger partial charge >= 0.3 is 0 Å². The number of carbonyl (C=O) groups excluding carboxylic acids is 1. The van der Waals surface area contributed by atoms with E-state index in [0.717, 1.165) is 73.3 Å². The number of allylic oxidation sites excluding steroid dienone is 1. The number of ether oxygens (including phenoxy) is 4. The molecule has 1 amide bonds. The molecule has 61 heavy (non-hydrogen) atoms. The number of unbranched alkanes of at least 4 members (excludes halogenated alkanes) is 2. The van der Waals surface area contributed by atoms with Crippen molar-refractivity contribution in [3.8, 4) is 11.5 Å². The summed E-state index contributed by atoms with van der Waals surface area (Å²) in [5.74, 6) is 1.20. The SMILES string of the molecule is C=CCOC12Oc3ccc(OCCSc4ccccc4)cc3C3C(CCCCO)C(CCCCO)C=C(C(=NOCC)CC1N(CCOCCO)C(=O)CCC1CCCC1)C32. The minimum Gasteiger partial charge on any atom is -0.493 e. The first-order chi connectivity index (χ1) is 30.0. The minimum absolute atomic E-state index is 0.0227. The van der Waals surface area contributed by atoms with Gasteiger partial charge in [-0.15, -0.1) is 18.3 Å². The molecule has 11 nitrogen and oxygen atoms in total. The van der Waals surface area contributed by atoms with Crippen molar-refractivity contribution in [3.63, 3.8) is 0 Å². The van der Waals surface area contributed by atoms with E-state index in [4.69, 9.17) is 28.9 Å². The van der Waals surface area contributed by atoms with Crippen LogP contribution in [0.25, 0.3) is 0 Å². The van der Waals surface area contributed by atoms with Gasteiger partial charge in [0.15, 0.2) is 0 Å². The fraction of sp³-hybridized carbons (Fsp3) is 0.633. The third-order valence-electron chi connectivity index (χ3n) is 13.0. The molecule has 0 aromatic heterocycles. The second kappa shape index (κ2) is 24.5. The van der Waals surface area contributed by atoms with E-state index in [2.05, 4.69) is 30.9 Å². The normalized spacial score (nSPS) is 25.0. The molecule has 0 saturated heterocycles. The molecule has 2 aromatic carbocycles. The van der Waals surface area contributed by atoms with Gasteiger partial charge in [-0.2, -0.15) is 0 Å². The molecule has 2 fully saturated rings. The summed E-state index contributed by atoms with van der Waals surface area (Å²) in [6, 6.07) is 15.8. The highest BCUT2D eigenvalue weighted by Gasteiger charge is 2.65. The highest BCUT2D eigenvalue weighted by Crippen LogP contribution is 2.62. The van der Waals surface area contributed by atoms with E-state index < -0.39 is 17.7 Å². The van der Waals surface area contributed by atoms with Crippen LogP contribution in [0.4, 0.5) is 0 Å². The predicted octanol–water partition coefficient (Wildman–Crippen LogP) is 8.32. The monoisotopic (exact) mass is 862 g/mol. The smallest absolute Gasteiger partial charge is 0.239 e. The van der Waals surface area contributed by atoms with Crippen LogP contribution in [0.15, 0.2) is 82.9 Å². The number of benzene rings is 2. The third-order valence-corrected chi connectivity index (χ3v) is 13.9. The highest BCUT2D eigenvalue weighted by atomic mass is 32.2. The molecule has 3 N–H and O–H groups in total. The van der Waals surface area contributed by atoms with E-state index in [1.165, 1.54) is 17.7 Å². The van der Waals surface area contributed by atoms with Crippen molar-refractivity contribution >= 4 is 23.4 Å². The Hall–Kier alpha value is -3.39. The van der Waals surface area contributed by atoms with Gasteiger partial charge < -0.3 is 44.0 Å². The Morgan fingerprint density at radius 3 is 2.51 bits per heavy atom. The summed E-state index contributed by atoms with van der Waals surface area (Å²) in [7, 11) is 0. The quantitative estimate of drug-likeness (QED) is 0.0348. The number of aliphatic hydroxyl groups excluding tert-OH is 3. The average molecular weight is 863 g/mol. The molecule has 336 valence electrons. The number of carbonyl (C=O) groups is 1. The maximum absolute atomic E-state index is 14.8. The Bertz CT molecular complexity index is 1720. The lowest BCUT2D eigenvalue weighted by Gasteiger charge is -2.60. The van der Waals surface area contributed by atoms with Crippen molar-refractivity contribution in [2.45, 2.75) is 113 Å². The first-order valence-electron chi connectivity index (χ1n) is 23.0. The number of oxime groups is 1. The standard InChI is InChI=1S/C49H70N2O9S/c1-3-28-58-49-45(51(24-29-56-30-27-54)46(55)23-20-36-14-8-9-15-36)35-43(50-59-4-2)41-33-37(16-10-12-25-52)40(19-11-13-26-53)47(48(41)49)42-34-38(21-22-44(42)60-49)57-31-32-61-39-17-6-5-7-18-39/h3,5-7,17-18,21-22,33-34,36-37,40,45,47-48,52-54H,1,4,8-16,19-20,23-32,35H2,2H3. The highest BCUT2D eigenvalue weighted by molar-refractivity contribution is 7.99. The number of thioether (sulfide) groups is 1. The van der Waals surface area contributed by atoms with Crippen LogP contribution in [0.3, 0.4) is 0 Å². The zero-order valence-electron chi connectivity index (χ0n) is 36.3. The van der Waals surface area contributed by atoms with Crippen LogP contribution in [0.2, 0.25) is 0 Å². The maximum Gasteiger partial charge on any atom is 0.239 e. The van der Waals surface area contributed by atoms with Gasteiger partial charge in [-0.05, 0) is 92.7 Å². The van der Waals surface area contributed by atoms with Crippen LogP contribution in [-0.2, 0) is 19.1 Å². The Labute approximate surface area is 367 Å². The molecule has 0 bridgehead atoms. The predicted molar refractivity (Wildman–Crippen MR) is 240 cm³/mol. The van der Waals surface area contributed by atoms with Gasteiger partial charge in [-0.1, -0.05) is 74.0 Å². The van der Waals surface area contributed by atoms with Crippen LogP contribution in [-0.4, -0.2) is 109 Å². The van der Waals surface area contributed by atoms with Crippen molar-refractivity contribution in [3.05, 3.63) is 78.4 Å². The van der Waals surface area contributed by atoms with Crippen molar-refractivity contribution in [1.82, 2.24) is 4.90 Å². The molecule has 3 aliphatic carbocycles. The molecule has 6 atom stereocenters. The van der Waals surface area contributed by atoms with Crippen LogP contribution in [0.5, 0.6) is 11.5 Å². The van der Waals surface area contributed by atoms with Gasteiger partial charge in [-0.25, -0.2) is 0 Å². The van der Waals surface area contributed by atoms with Gasteiger partial charge in [0.2, 0.25) is 11.7 Å². The van der Waals surface area contributed by atoms with Gasteiger partial charge in [-0.3, -0.25) is 4.79 Å². The third kappa shape index (κ3) is 12.0. The van der Waals surface area contributed by atoms with Crippen molar-refractivity contribution in [1.29, 1.82) is 0 Å². The molecule has 2 aromatic rings. The molecule has 1 aliphatic heterocycles. The first kappa shape index (κ1) is 47.1. The molecule has 6 rings (SSSR count). The second-order valence-electron chi connectivity index (χ2n) is 16.8. The van der Waals surface area contributed by atoms with E-state index in [-0.39, 0.29) is 63.3 Å².